The number of rotatable bonds is 8. The summed E-state index contributed by atoms with van der Waals surface area (Å²) in [6.07, 6.45) is 1.44. The topological polar surface area (TPSA) is 59.1 Å². The molecule has 0 saturated carbocycles. The molecule has 6 nitrogen and oxygen atoms in total. The van der Waals surface area contributed by atoms with E-state index in [4.69, 9.17) is 21.1 Å². The molecule has 0 amide bonds. The van der Waals surface area contributed by atoms with Crippen molar-refractivity contribution in [2.24, 2.45) is 0 Å². The normalized spacial score (nSPS) is 15.1. The molecule has 8 heteroatoms. The van der Waals surface area contributed by atoms with Crippen molar-refractivity contribution in [3.8, 4) is 11.5 Å². The van der Waals surface area contributed by atoms with Crippen LogP contribution in [0.2, 0.25) is 5.02 Å². The molecule has 0 spiro atoms. The van der Waals surface area contributed by atoms with Crippen LogP contribution in [-0.4, -0.2) is 46.7 Å². The summed E-state index contributed by atoms with van der Waals surface area (Å²) in [5.41, 5.74) is 1.75. The Bertz CT molecular complexity index is 1200. The lowest BCUT2D eigenvalue weighted by molar-refractivity contribution is 0.204. The lowest BCUT2D eigenvalue weighted by atomic mass is 10.0. The van der Waals surface area contributed by atoms with Crippen molar-refractivity contribution < 1.29 is 17.9 Å². The van der Waals surface area contributed by atoms with Crippen molar-refractivity contribution in [2.75, 3.05) is 31.6 Å². The van der Waals surface area contributed by atoms with Gasteiger partial charge in [-0.2, -0.15) is 0 Å². The summed E-state index contributed by atoms with van der Waals surface area (Å²) in [4.78, 5) is 2.57. The largest absolute Gasteiger partial charge is 0.497 e. The molecule has 180 valence electrons. The van der Waals surface area contributed by atoms with Crippen molar-refractivity contribution in [1.29, 1.82) is 0 Å². The molecule has 1 saturated heterocycles. The monoisotopic (exact) mass is 500 g/mol. The van der Waals surface area contributed by atoms with Crippen molar-refractivity contribution in [3.63, 3.8) is 0 Å². The molecule has 0 aromatic heterocycles. The van der Waals surface area contributed by atoms with E-state index in [9.17, 15) is 8.42 Å². The van der Waals surface area contributed by atoms with Gasteiger partial charge in [-0.1, -0.05) is 35.9 Å². The summed E-state index contributed by atoms with van der Waals surface area (Å²) in [5.74, 6) is 1.54. The first kappa shape index (κ1) is 24.4. The quantitative estimate of drug-likeness (QED) is 0.424. The molecule has 4 rings (SSSR count). The maximum absolute atomic E-state index is 13.7. The van der Waals surface area contributed by atoms with Gasteiger partial charge < -0.3 is 9.47 Å². The number of hydrogen-bond acceptors (Lipinski definition) is 5. The van der Waals surface area contributed by atoms with E-state index in [1.54, 1.807) is 42.8 Å². The Morgan fingerprint density at radius 3 is 2.24 bits per heavy atom. The Morgan fingerprint density at radius 1 is 0.941 bits per heavy atom. The molecule has 0 atom stereocenters. The van der Waals surface area contributed by atoms with Gasteiger partial charge in [0.05, 0.1) is 24.8 Å². The molecule has 0 radical (unpaired) electrons. The number of sulfonamides is 1. The van der Waals surface area contributed by atoms with Crippen LogP contribution in [0.3, 0.4) is 0 Å². The Morgan fingerprint density at radius 2 is 1.62 bits per heavy atom. The summed E-state index contributed by atoms with van der Waals surface area (Å²) in [5, 5.41) is 0.507. The number of halogens is 1. The van der Waals surface area contributed by atoms with E-state index < -0.39 is 10.0 Å². The molecule has 0 unspecified atom stereocenters. The van der Waals surface area contributed by atoms with Crippen LogP contribution in [0.15, 0.2) is 77.7 Å². The van der Waals surface area contributed by atoms with Crippen molar-refractivity contribution >= 4 is 27.3 Å². The van der Waals surface area contributed by atoms with Gasteiger partial charge in [0.1, 0.15) is 11.5 Å². The van der Waals surface area contributed by atoms with Crippen LogP contribution in [0, 0.1) is 0 Å². The number of likely N-dealkylation sites (tertiary alicyclic amines) is 1. The molecule has 34 heavy (non-hydrogen) atoms. The molecule has 1 aliphatic rings. The molecule has 1 fully saturated rings. The highest BCUT2D eigenvalue weighted by molar-refractivity contribution is 7.92. The van der Waals surface area contributed by atoms with Gasteiger partial charge in [0, 0.05) is 42.3 Å². The highest BCUT2D eigenvalue weighted by atomic mass is 35.5. The summed E-state index contributed by atoms with van der Waals surface area (Å²) in [6, 6.07) is 21.4. The van der Waals surface area contributed by atoms with Crippen LogP contribution in [0.25, 0.3) is 0 Å². The Balaban J connectivity index is 1.53. The number of hydrogen-bond donors (Lipinski definition) is 0. The molecular formula is C26H29ClN2O4S. The zero-order valence-corrected chi connectivity index (χ0v) is 20.9. The number of nitrogens with zero attached hydrogens (tertiary/aromatic N) is 2. The van der Waals surface area contributed by atoms with Gasteiger partial charge in [0.25, 0.3) is 10.0 Å². The molecular weight excluding hydrogens is 472 g/mol. The number of para-hydroxylation sites is 1. The highest BCUT2D eigenvalue weighted by Crippen LogP contribution is 2.32. The minimum Gasteiger partial charge on any atom is -0.497 e. The molecule has 0 aliphatic carbocycles. The summed E-state index contributed by atoms with van der Waals surface area (Å²) in [7, 11) is -0.452. The molecule has 1 heterocycles. The number of benzene rings is 3. The van der Waals surface area contributed by atoms with Gasteiger partial charge in [-0.15, -0.1) is 0 Å². The number of piperidine rings is 1. The Hall–Kier alpha value is -2.74. The van der Waals surface area contributed by atoms with E-state index in [2.05, 4.69) is 4.90 Å². The minimum absolute atomic E-state index is 0.142. The lowest BCUT2D eigenvalue weighted by Crippen LogP contribution is -2.47. The first-order valence-corrected chi connectivity index (χ1v) is 13.0. The number of methoxy groups -OCH3 is 2. The number of ether oxygens (including phenoxy) is 2. The van der Waals surface area contributed by atoms with Crippen LogP contribution in [0.4, 0.5) is 5.69 Å². The fourth-order valence-electron chi connectivity index (χ4n) is 4.38. The summed E-state index contributed by atoms with van der Waals surface area (Å²) >= 11 is 6.00. The number of anilines is 1. The third kappa shape index (κ3) is 5.32. The van der Waals surface area contributed by atoms with Gasteiger partial charge in [0.15, 0.2) is 0 Å². The van der Waals surface area contributed by atoms with Gasteiger partial charge in [-0.05, 0) is 55.3 Å². The first-order valence-electron chi connectivity index (χ1n) is 11.2. The van der Waals surface area contributed by atoms with E-state index >= 15 is 0 Å². The molecule has 0 N–H and O–H groups in total. The average molecular weight is 501 g/mol. The molecule has 3 aromatic rings. The van der Waals surface area contributed by atoms with E-state index in [1.807, 2.05) is 48.5 Å². The van der Waals surface area contributed by atoms with Crippen LogP contribution < -0.4 is 13.8 Å². The molecule has 1 aliphatic heterocycles. The highest BCUT2D eigenvalue weighted by Gasteiger charge is 2.34. The second kappa shape index (κ2) is 10.7. The predicted octanol–water partition coefficient (Wildman–Crippen LogP) is 5.22. The van der Waals surface area contributed by atoms with E-state index in [-0.39, 0.29) is 10.9 Å². The van der Waals surface area contributed by atoms with Crippen LogP contribution >= 0.6 is 11.6 Å². The van der Waals surface area contributed by atoms with E-state index in [1.165, 1.54) is 0 Å². The van der Waals surface area contributed by atoms with E-state index in [0.717, 1.165) is 49.5 Å². The maximum atomic E-state index is 13.7. The smallest absolute Gasteiger partial charge is 0.264 e. The van der Waals surface area contributed by atoms with Gasteiger partial charge in [-0.25, -0.2) is 8.42 Å². The van der Waals surface area contributed by atoms with Crippen molar-refractivity contribution in [3.05, 3.63) is 83.4 Å². The second-order valence-electron chi connectivity index (χ2n) is 8.28. The maximum Gasteiger partial charge on any atom is 0.264 e. The fraction of sp³-hybridized carbons (Fsp3) is 0.308. The van der Waals surface area contributed by atoms with Gasteiger partial charge in [0.2, 0.25) is 0 Å². The third-order valence-electron chi connectivity index (χ3n) is 6.16. The zero-order chi connectivity index (χ0) is 24.1. The van der Waals surface area contributed by atoms with Gasteiger partial charge in [-0.3, -0.25) is 9.21 Å². The Kier molecular flexibility index (Phi) is 7.66. The Labute approximate surface area is 206 Å². The molecule has 0 bridgehead atoms. The SMILES string of the molecule is COc1ccc(CN2CCC(N(c3ccccc3)S(=O)(=O)c3ccc(Cl)cc3)CC2)c(OC)c1. The van der Waals surface area contributed by atoms with Crippen LogP contribution in [-0.2, 0) is 16.6 Å². The molecule has 3 aromatic carbocycles. The summed E-state index contributed by atoms with van der Waals surface area (Å²) < 4.78 is 39.8. The van der Waals surface area contributed by atoms with Crippen LogP contribution in [0.5, 0.6) is 11.5 Å². The zero-order valence-electron chi connectivity index (χ0n) is 19.4. The minimum atomic E-state index is -3.74. The van der Waals surface area contributed by atoms with Crippen molar-refractivity contribution in [2.45, 2.75) is 30.3 Å². The second-order valence-corrected chi connectivity index (χ2v) is 10.5. The lowest BCUT2D eigenvalue weighted by Gasteiger charge is -2.39. The standard InChI is InChI=1S/C26H29ClN2O4S/c1-32-24-11-8-20(26(18-24)33-2)19-28-16-14-23(15-17-28)29(22-6-4-3-5-7-22)34(30,31)25-12-9-21(27)10-13-25/h3-13,18,23H,14-17,19H2,1-2H3. The predicted molar refractivity (Wildman–Crippen MR) is 135 cm³/mol. The summed E-state index contributed by atoms with van der Waals surface area (Å²) in [6.45, 7) is 2.29. The van der Waals surface area contributed by atoms with E-state index in [0.29, 0.717) is 10.7 Å². The van der Waals surface area contributed by atoms with Crippen LogP contribution in [0.1, 0.15) is 18.4 Å². The average Bonchev–Trinajstić information content (AvgIpc) is 2.86. The van der Waals surface area contributed by atoms with Crippen molar-refractivity contribution in [1.82, 2.24) is 4.90 Å². The third-order valence-corrected chi connectivity index (χ3v) is 8.30. The fourth-order valence-corrected chi connectivity index (χ4v) is 6.21. The first-order chi connectivity index (χ1) is 16.4. The van der Waals surface area contributed by atoms with Gasteiger partial charge >= 0.3 is 0 Å².